The van der Waals surface area contributed by atoms with Gasteiger partial charge in [-0.05, 0) is 42.7 Å². The maximum atomic E-state index is 6.40. The quantitative estimate of drug-likeness (QED) is 0.172. The summed E-state index contributed by atoms with van der Waals surface area (Å²) in [5.74, 6) is 0.880. The van der Waals surface area contributed by atoms with Crippen molar-refractivity contribution in [2.45, 2.75) is 13.8 Å². The molecule has 0 spiro atoms. The van der Waals surface area contributed by atoms with E-state index >= 15 is 0 Å². The van der Waals surface area contributed by atoms with Crippen molar-refractivity contribution in [3.05, 3.63) is 126 Å². The summed E-state index contributed by atoms with van der Waals surface area (Å²) in [6, 6.07) is 33.1. The van der Waals surface area contributed by atoms with Gasteiger partial charge < -0.3 is 13.4 Å². The van der Waals surface area contributed by atoms with Crippen LogP contribution in [0.3, 0.4) is 0 Å². The molecule has 0 fully saturated rings. The molecule has 0 saturated carbocycles. The summed E-state index contributed by atoms with van der Waals surface area (Å²) in [4.78, 5) is 0. The van der Waals surface area contributed by atoms with Crippen LogP contribution in [0.15, 0.2) is 122 Å². The molecule has 40 heavy (non-hydrogen) atoms. The Balaban J connectivity index is 1.45. The highest BCUT2D eigenvalue weighted by atomic mass is 16.3. The van der Waals surface area contributed by atoms with E-state index < -0.39 is 0 Å². The number of furan rings is 1. The van der Waals surface area contributed by atoms with Crippen molar-refractivity contribution in [2.75, 3.05) is 0 Å². The van der Waals surface area contributed by atoms with Crippen molar-refractivity contribution in [1.29, 1.82) is 0 Å². The molecule has 4 aromatic carbocycles. The molecule has 0 atom stereocenters. The Hall–Kier alpha value is -5.16. The van der Waals surface area contributed by atoms with E-state index in [9.17, 15) is 0 Å². The lowest BCUT2D eigenvalue weighted by Crippen LogP contribution is -2.02. The van der Waals surface area contributed by atoms with Gasteiger partial charge in [0.2, 0.25) is 5.55 Å². The molecule has 3 aromatic heterocycles. The summed E-state index contributed by atoms with van der Waals surface area (Å²) in [7, 11) is 2.03. The molecular formula is C35H27N3O2. The van der Waals surface area contributed by atoms with E-state index in [1.165, 1.54) is 0 Å². The van der Waals surface area contributed by atoms with Gasteiger partial charge in [-0.25, -0.2) is 0 Å². The topological polar surface area (TPSA) is 55.9 Å². The van der Waals surface area contributed by atoms with Gasteiger partial charge in [-0.15, -0.1) is 5.10 Å². The second-order valence-electron chi connectivity index (χ2n) is 10.1. The molecule has 7 rings (SSSR count). The Morgan fingerprint density at radius 2 is 1.38 bits per heavy atom. The first-order valence-corrected chi connectivity index (χ1v) is 13.3. The summed E-state index contributed by atoms with van der Waals surface area (Å²) in [5, 5.41) is 12.1. The molecule has 194 valence electrons. The third kappa shape index (κ3) is 3.95. The van der Waals surface area contributed by atoms with E-state index in [4.69, 9.17) is 8.83 Å². The second kappa shape index (κ2) is 9.54. The Labute approximate surface area is 231 Å². The lowest BCUT2D eigenvalue weighted by Gasteiger charge is -2.09. The molecule has 0 bridgehead atoms. The minimum Gasteiger partial charge on any atom is -0.460 e. The Kier molecular flexibility index (Phi) is 5.71. The van der Waals surface area contributed by atoms with Crippen LogP contribution >= 0.6 is 0 Å². The number of benzene rings is 4. The average Bonchev–Trinajstić information content (AvgIpc) is 3.50. The van der Waals surface area contributed by atoms with Gasteiger partial charge in [0.1, 0.15) is 16.9 Å². The third-order valence-electron chi connectivity index (χ3n) is 7.53. The molecular weight excluding hydrogens is 494 g/mol. The molecule has 0 N–H and O–H groups in total. The zero-order chi connectivity index (χ0) is 27.2. The minimum absolute atomic E-state index is 0.428. The fraction of sp³-hybridized carbons (Fsp3) is 0.0857. The fourth-order valence-electron chi connectivity index (χ4n) is 5.65. The molecule has 5 nitrogen and oxygen atoms in total. The minimum atomic E-state index is 0.428. The number of aromatic nitrogens is 1. The number of hydrogen-bond acceptors (Lipinski definition) is 4. The lowest BCUT2D eigenvalue weighted by molar-refractivity contribution is 0.533. The first kappa shape index (κ1) is 23.9. The first-order chi connectivity index (χ1) is 19.6. The highest BCUT2D eigenvalue weighted by Gasteiger charge is 2.20. The van der Waals surface area contributed by atoms with Crippen LogP contribution < -0.4 is 5.55 Å². The van der Waals surface area contributed by atoms with Crippen molar-refractivity contribution >= 4 is 39.1 Å². The monoisotopic (exact) mass is 521 g/mol. The van der Waals surface area contributed by atoms with E-state index in [1.807, 2.05) is 63.4 Å². The van der Waals surface area contributed by atoms with Crippen molar-refractivity contribution in [3.8, 4) is 22.3 Å². The summed E-state index contributed by atoms with van der Waals surface area (Å²) in [6.45, 7) is 4.06. The van der Waals surface area contributed by atoms with E-state index in [2.05, 4.69) is 75.6 Å². The smallest absolute Gasteiger partial charge is 0.239 e. The summed E-state index contributed by atoms with van der Waals surface area (Å²) in [5.41, 5.74) is 9.42. The van der Waals surface area contributed by atoms with Gasteiger partial charge in [-0.2, -0.15) is 5.10 Å². The van der Waals surface area contributed by atoms with Crippen LogP contribution in [-0.4, -0.2) is 10.8 Å². The predicted octanol–water partition coefficient (Wildman–Crippen LogP) is 8.56. The number of aryl methyl sites for hydroxylation is 3. The van der Waals surface area contributed by atoms with Gasteiger partial charge >= 0.3 is 0 Å². The summed E-state index contributed by atoms with van der Waals surface area (Å²) >= 11 is 0. The van der Waals surface area contributed by atoms with Crippen LogP contribution in [0.1, 0.15) is 16.9 Å². The van der Waals surface area contributed by atoms with Crippen molar-refractivity contribution in [2.24, 2.45) is 17.3 Å². The van der Waals surface area contributed by atoms with Gasteiger partial charge in [-0.1, -0.05) is 78.9 Å². The molecule has 0 aliphatic rings. The maximum absolute atomic E-state index is 6.40. The molecule has 0 saturated heterocycles. The average molecular weight is 522 g/mol. The zero-order valence-corrected chi connectivity index (χ0v) is 22.6. The van der Waals surface area contributed by atoms with Gasteiger partial charge in [0.25, 0.3) is 0 Å². The van der Waals surface area contributed by atoms with Crippen LogP contribution in [0.2, 0.25) is 0 Å². The fourth-order valence-corrected chi connectivity index (χ4v) is 5.65. The van der Waals surface area contributed by atoms with Gasteiger partial charge in [0.05, 0.1) is 6.21 Å². The number of hydrogen-bond donors (Lipinski definition) is 0. The van der Waals surface area contributed by atoms with Crippen molar-refractivity contribution in [1.82, 2.24) is 4.57 Å². The maximum Gasteiger partial charge on any atom is 0.239 e. The molecule has 5 heteroatoms. The van der Waals surface area contributed by atoms with E-state index in [-0.39, 0.29) is 0 Å². The molecule has 0 radical (unpaired) electrons. The third-order valence-corrected chi connectivity index (χ3v) is 7.53. The number of nitrogens with zero attached hydrogens (tertiary/aromatic N) is 3. The summed E-state index contributed by atoms with van der Waals surface area (Å²) < 4.78 is 14.8. The number of para-hydroxylation sites is 1. The lowest BCUT2D eigenvalue weighted by atomic mass is 9.96. The van der Waals surface area contributed by atoms with Crippen LogP contribution in [0.5, 0.6) is 0 Å². The van der Waals surface area contributed by atoms with Crippen LogP contribution in [0.4, 0.5) is 0 Å². The van der Waals surface area contributed by atoms with E-state index in [0.717, 1.165) is 72.0 Å². The molecule has 0 aliphatic heterocycles. The van der Waals surface area contributed by atoms with E-state index in [0.29, 0.717) is 5.55 Å². The van der Waals surface area contributed by atoms with Crippen LogP contribution in [0.25, 0.3) is 55.1 Å². The van der Waals surface area contributed by atoms with Gasteiger partial charge in [0, 0.05) is 57.7 Å². The molecule has 3 heterocycles. The molecule has 7 aromatic rings. The first-order valence-electron chi connectivity index (χ1n) is 13.3. The normalized spacial score (nSPS) is 12.4. The largest absolute Gasteiger partial charge is 0.460 e. The van der Waals surface area contributed by atoms with Crippen molar-refractivity contribution < 1.29 is 8.83 Å². The number of rotatable bonds is 4. The number of fused-ring (bicyclic) bond motifs is 3. The Morgan fingerprint density at radius 1 is 0.700 bits per heavy atom. The predicted molar refractivity (Wildman–Crippen MR) is 162 cm³/mol. The highest BCUT2D eigenvalue weighted by molar-refractivity contribution is 6.08. The zero-order valence-electron chi connectivity index (χ0n) is 22.6. The van der Waals surface area contributed by atoms with Crippen LogP contribution in [-0.2, 0) is 7.05 Å². The standard InChI is InChI=1S/C35H27N3O2/c1-22-34-29(18-30-33(23(2)39-35(22)30)25-14-8-5-9-15-25)28(24-12-6-4-7-13-24)19-32(40-34)37-36-20-26-21-38(3)31-17-11-10-16-27(26)31/h4-21H,1-3H3/b36-20+,37-32-. The van der Waals surface area contributed by atoms with Gasteiger partial charge in [0.15, 0.2) is 0 Å². The Bertz CT molecular complexity index is 2130. The van der Waals surface area contributed by atoms with Crippen LogP contribution in [0, 0.1) is 13.8 Å². The second-order valence-corrected chi connectivity index (χ2v) is 10.1. The molecule has 0 amide bonds. The van der Waals surface area contributed by atoms with E-state index in [1.54, 1.807) is 6.21 Å². The molecule has 0 aliphatic carbocycles. The Morgan fingerprint density at radius 3 is 2.15 bits per heavy atom. The SMILES string of the molecule is Cc1oc2c(C)c3o/c(=N\N=C\c4cn(C)c5ccccc45)cc(-c4ccccc4)c3cc2c1-c1ccccc1. The van der Waals surface area contributed by atoms with Crippen molar-refractivity contribution in [3.63, 3.8) is 0 Å². The summed E-state index contributed by atoms with van der Waals surface area (Å²) in [6.07, 6.45) is 3.84. The van der Waals surface area contributed by atoms with Gasteiger partial charge in [-0.3, -0.25) is 0 Å². The molecule has 0 unspecified atom stereocenters. The highest BCUT2D eigenvalue weighted by Crippen LogP contribution is 2.41.